The molecular formula is C19H21F3N2O4S. The van der Waals surface area contributed by atoms with E-state index in [0.29, 0.717) is 20.1 Å². The highest BCUT2D eigenvalue weighted by Gasteiger charge is 2.39. The largest absolute Gasteiger partial charge is 0.380 e. The van der Waals surface area contributed by atoms with E-state index in [1.165, 1.54) is 23.9 Å². The van der Waals surface area contributed by atoms with Crippen LogP contribution >= 0.6 is 0 Å². The number of aromatic nitrogens is 1. The molecule has 0 unspecified atom stereocenters. The van der Waals surface area contributed by atoms with E-state index in [9.17, 15) is 26.4 Å². The van der Waals surface area contributed by atoms with Gasteiger partial charge in [0.2, 0.25) is 0 Å². The van der Waals surface area contributed by atoms with Crippen LogP contribution in [0.15, 0.2) is 35.4 Å². The topological polar surface area (TPSA) is 77.4 Å². The fourth-order valence-corrected chi connectivity index (χ4v) is 5.00. The van der Waals surface area contributed by atoms with Crippen molar-refractivity contribution in [2.24, 2.45) is 12.5 Å². The maximum absolute atomic E-state index is 13.6. The molecule has 0 radical (unpaired) electrons. The summed E-state index contributed by atoms with van der Waals surface area (Å²) in [5.41, 5.74) is -1.32. The first-order valence-electron chi connectivity index (χ1n) is 8.77. The predicted octanol–water partition coefficient (Wildman–Crippen LogP) is 3.34. The van der Waals surface area contributed by atoms with Crippen molar-refractivity contribution in [3.05, 3.63) is 47.5 Å². The van der Waals surface area contributed by atoms with E-state index in [2.05, 4.69) is 5.32 Å². The Kier molecular flexibility index (Phi) is 5.29. The number of aryl methyl sites for hydroxylation is 1. The lowest BCUT2D eigenvalue weighted by Gasteiger charge is -2.37. The molecule has 0 spiro atoms. The Hall–Kier alpha value is -2.33. The summed E-state index contributed by atoms with van der Waals surface area (Å²) in [6, 6.07) is 4.07. The Balaban J connectivity index is 1.82. The molecule has 0 bridgehead atoms. The summed E-state index contributed by atoms with van der Waals surface area (Å²) in [6.07, 6.45) is 1.32. The van der Waals surface area contributed by atoms with Crippen LogP contribution < -0.4 is 5.32 Å². The molecule has 1 aromatic heterocycles. The molecule has 1 aliphatic rings. The minimum Gasteiger partial charge on any atom is -0.380 e. The third-order valence-electron chi connectivity index (χ3n) is 4.71. The Morgan fingerprint density at radius 3 is 2.52 bits per heavy atom. The van der Waals surface area contributed by atoms with E-state index in [-0.39, 0.29) is 22.0 Å². The number of hydrogen-bond donors (Lipinski definition) is 1. The molecule has 2 heterocycles. The number of nitrogens with zero attached hydrogens (tertiary/aromatic N) is 1. The summed E-state index contributed by atoms with van der Waals surface area (Å²) in [7, 11) is -2.15. The molecule has 1 saturated heterocycles. The Morgan fingerprint density at radius 1 is 1.31 bits per heavy atom. The number of nitrogens with one attached hydrogen (secondary N) is 1. The molecule has 2 aromatic rings. The lowest BCUT2D eigenvalue weighted by atomic mass is 9.92. The van der Waals surface area contributed by atoms with Gasteiger partial charge in [0.25, 0.3) is 11.8 Å². The summed E-state index contributed by atoms with van der Waals surface area (Å²) in [5.74, 6) is -5.32. The molecule has 1 amide bonds. The molecule has 6 nitrogen and oxygen atoms in total. The fraction of sp³-hybridized carbons (Fsp3) is 0.421. The molecule has 1 N–H and O–H groups in total. The first-order valence-corrected chi connectivity index (χ1v) is 10.4. The average molecular weight is 430 g/mol. The van der Waals surface area contributed by atoms with Crippen molar-refractivity contribution in [2.75, 3.05) is 24.3 Å². The maximum Gasteiger partial charge on any atom is 0.273 e. The van der Waals surface area contributed by atoms with E-state index in [4.69, 9.17) is 4.74 Å². The number of carbonyl (C=O) groups is 1. The van der Waals surface area contributed by atoms with Gasteiger partial charge in [-0.2, -0.15) is 0 Å². The number of alkyl halides is 2. The van der Waals surface area contributed by atoms with Crippen molar-refractivity contribution in [1.29, 1.82) is 0 Å². The molecule has 29 heavy (non-hydrogen) atoms. The van der Waals surface area contributed by atoms with Crippen LogP contribution in [0.3, 0.4) is 0 Å². The maximum atomic E-state index is 13.6. The van der Waals surface area contributed by atoms with Gasteiger partial charge in [-0.3, -0.25) is 4.79 Å². The quantitative estimate of drug-likeness (QED) is 0.763. The molecule has 0 atom stereocenters. The van der Waals surface area contributed by atoms with E-state index in [1.807, 2.05) is 0 Å². The lowest BCUT2D eigenvalue weighted by molar-refractivity contribution is -0.0870. The van der Waals surface area contributed by atoms with Crippen LogP contribution in [-0.2, 0) is 27.5 Å². The zero-order chi connectivity index (χ0) is 21.6. The molecule has 1 fully saturated rings. The first-order chi connectivity index (χ1) is 13.3. The van der Waals surface area contributed by atoms with Crippen LogP contribution in [-0.4, -0.2) is 37.9 Å². The summed E-state index contributed by atoms with van der Waals surface area (Å²) in [6.45, 7) is 3.06. The molecule has 1 aromatic carbocycles. The number of amides is 1. The predicted molar refractivity (Wildman–Crippen MR) is 100 cm³/mol. The van der Waals surface area contributed by atoms with Crippen LogP contribution in [0.1, 0.15) is 29.9 Å². The highest BCUT2D eigenvalue weighted by atomic mass is 32.2. The van der Waals surface area contributed by atoms with Gasteiger partial charge in [0.15, 0.2) is 9.84 Å². The smallest absolute Gasteiger partial charge is 0.273 e. The SMILES string of the molecule is Cn1cc(S(=O)(=O)CC2(C)COC2)cc1C(=O)Nc1ccc(F)c(C(C)(F)F)c1. The number of ether oxygens (including phenoxy) is 1. The fourth-order valence-electron chi connectivity index (χ4n) is 3.14. The molecule has 1 aliphatic heterocycles. The number of anilines is 1. The van der Waals surface area contributed by atoms with Crippen LogP contribution in [0, 0.1) is 11.2 Å². The minimum absolute atomic E-state index is 0.0156. The monoisotopic (exact) mass is 430 g/mol. The molecule has 0 saturated carbocycles. The van der Waals surface area contributed by atoms with Gasteiger partial charge in [-0.05, 0) is 24.3 Å². The van der Waals surface area contributed by atoms with Gasteiger partial charge in [0, 0.05) is 31.3 Å². The van der Waals surface area contributed by atoms with Crippen molar-refractivity contribution in [3.63, 3.8) is 0 Å². The van der Waals surface area contributed by atoms with Crippen molar-refractivity contribution in [2.45, 2.75) is 24.7 Å². The number of halogens is 3. The van der Waals surface area contributed by atoms with Crippen LogP contribution in [0.2, 0.25) is 0 Å². The molecule has 0 aliphatic carbocycles. The van der Waals surface area contributed by atoms with Gasteiger partial charge in [0.05, 0.1) is 29.4 Å². The van der Waals surface area contributed by atoms with E-state index < -0.39 is 38.5 Å². The lowest BCUT2D eigenvalue weighted by Crippen LogP contribution is -2.45. The summed E-state index contributed by atoms with van der Waals surface area (Å²) < 4.78 is 72.3. The van der Waals surface area contributed by atoms with E-state index >= 15 is 0 Å². The third kappa shape index (κ3) is 4.48. The van der Waals surface area contributed by atoms with Gasteiger partial charge in [0.1, 0.15) is 11.5 Å². The Morgan fingerprint density at radius 2 is 1.97 bits per heavy atom. The number of benzene rings is 1. The zero-order valence-corrected chi connectivity index (χ0v) is 16.9. The van der Waals surface area contributed by atoms with E-state index in [1.54, 1.807) is 6.92 Å². The average Bonchev–Trinajstić information content (AvgIpc) is 2.97. The number of hydrogen-bond acceptors (Lipinski definition) is 4. The molecule has 3 rings (SSSR count). The van der Waals surface area contributed by atoms with Gasteiger partial charge in [-0.1, -0.05) is 6.92 Å². The second-order valence-electron chi connectivity index (χ2n) is 7.77. The van der Waals surface area contributed by atoms with Crippen LogP contribution in [0.5, 0.6) is 0 Å². The van der Waals surface area contributed by atoms with Crippen LogP contribution in [0.25, 0.3) is 0 Å². The Bertz CT molecular complexity index is 1050. The normalized spacial score (nSPS) is 16.3. The van der Waals surface area contributed by atoms with Gasteiger partial charge < -0.3 is 14.6 Å². The number of carbonyl (C=O) groups excluding carboxylic acids is 1. The van der Waals surface area contributed by atoms with Crippen molar-refractivity contribution < 1.29 is 31.1 Å². The van der Waals surface area contributed by atoms with Crippen LogP contribution in [0.4, 0.5) is 18.9 Å². The highest BCUT2D eigenvalue weighted by Crippen LogP contribution is 2.32. The second-order valence-corrected chi connectivity index (χ2v) is 9.76. The molecule has 158 valence electrons. The van der Waals surface area contributed by atoms with Crippen molar-refractivity contribution in [3.8, 4) is 0 Å². The number of sulfone groups is 1. The zero-order valence-electron chi connectivity index (χ0n) is 16.1. The summed E-state index contributed by atoms with van der Waals surface area (Å²) >= 11 is 0. The highest BCUT2D eigenvalue weighted by molar-refractivity contribution is 7.91. The number of rotatable bonds is 6. The molecular weight excluding hydrogens is 409 g/mol. The van der Waals surface area contributed by atoms with E-state index in [0.717, 1.165) is 18.2 Å². The third-order valence-corrected chi connectivity index (χ3v) is 6.73. The first kappa shape index (κ1) is 21.4. The minimum atomic E-state index is -3.65. The summed E-state index contributed by atoms with van der Waals surface area (Å²) in [5, 5.41) is 2.40. The Labute approximate surface area is 166 Å². The second kappa shape index (κ2) is 7.17. The molecule has 10 heteroatoms. The van der Waals surface area contributed by atoms with Gasteiger partial charge >= 0.3 is 0 Å². The van der Waals surface area contributed by atoms with Gasteiger partial charge in [-0.15, -0.1) is 0 Å². The summed E-state index contributed by atoms with van der Waals surface area (Å²) in [4.78, 5) is 12.5. The van der Waals surface area contributed by atoms with Gasteiger partial charge in [-0.25, -0.2) is 21.6 Å². The standard InChI is InChI=1S/C19H21F3N2O4S/c1-18(9-28-10-18)11-29(26,27)13-7-16(24(3)8-13)17(25)23-12-4-5-15(20)14(6-12)19(2,21)22/h4-8H,9-11H2,1-3H3,(H,23,25). The van der Waals surface area contributed by atoms with Crippen molar-refractivity contribution in [1.82, 2.24) is 4.57 Å². The van der Waals surface area contributed by atoms with Crippen molar-refractivity contribution >= 4 is 21.4 Å².